The van der Waals surface area contributed by atoms with Crippen molar-refractivity contribution in [1.29, 1.82) is 0 Å². The van der Waals surface area contributed by atoms with Crippen molar-refractivity contribution in [3.05, 3.63) is 10.0 Å². The third kappa shape index (κ3) is 3.98. The number of likely N-dealkylation sites (N-methyl/N-ethyl adjacent to an activating group) is 1. The topological polar surface area (TPSA) is 25.4 Å². The Balaban J connectivity index is 1.74. The minimum Gasteiger partial charge on any atom is -0.379 e. The van der Waals surface area contributed by atoms with E-state index in [-0.39, 0.29) is 0 Å². The molecule has 0 N–H and O–H groups in total. The highest BCUT2D eigenvalue weighted by molar-refractivity contribution is 7.16. The molecule has 0 radical (unpaired) electrons. The zero-order valence-corrected chi connectivity index (χ0v) is 12.1. The molecule has 1 aliphatic rings. The molecule has 1 saturated carbocycles. The minimum absolute atomic E-state index is 0.419. The lowest BCUT2D eigenvalue weighted by Gasteiger charge is -2.15. The Morgan fingerprint density at radius 2 is 2.29 bits per heavy atom. The zero-order chi connectivity index (χ0) is 12.3. The smallest absolute Gasteiger partial charge is 0.186 e. The predicted molar refractivity (Wildman–Crippen MR) is 73.5 cm³/mol. The summed E-state index contributed by atoms with van der Waals surface area (Å²) in [5, 5.41) is 1.42. The van der Waals surface area contributed by atoms with Crippen molar-refractivity contribution >= 4 is 39.7 Å². The molecule has 1 aromatic rings. The number of thiazole rings is 1. The standard InChI is InChI=1S/C11H16Cl2N2OS/c1-15(4-5-16-7-8-2-3-8)11-14-10(13)9(6-12)17-11/h8H,2-7H2,1H3. The first kappa shape index (κ1) is 13.4. The van der Waals surface area contributed by atoms with Gasteiger partial charge in [0, 0.05) is 20.2 Å². The highest BCUT2D eigenvalue weighted by Gasteiger charge is 2.21. The van der Waals surface area contributed by atoms with E-state index < -0.39 is 0 Å². The number of hydrogen-bond donors (Lipinski definition) is 0. The second kappa shape index (κ2) is 6.23. The molecule has 0 amide bonds. The molecule has 1 aromatic heterocycles. The van der Waals surface area contributed by atoms with E-state index in [1.807, 2.05) is 7.05 Å². The summed E-state index contributed by atoms with van der Waals surface area (Å²) < 4.78 is 5.59. The SMILES string of the molecule is CN(CCOCC1CC1)c1nc(Cl)c(CCl)s1. The van der Waals surface area contributed by atoms with E-state index in [9.17, 15) is 0 Å². The normalized spacial score (nSPS) is 15.2. The molecule has 0 saturated heterocycles. The van der Waals surface area contributed by atoms with Crippen LogP contribution in [0, 0.1) is 5.92 Å². The van der Waals surface area contributed by atoms with Gasteiger partial charge in [0.05, 0.1) is 17.4 Å². The van der Waals surface area contributed by atoms with Crippen molar-refractivity contribution in [1.82, 2.24) is 4.98 Å². The average molecular weight is 295 g/mol. The van der Waals surface area contributed by atoms with Gasteiger partial charge in [0.2, 0.25) is 0 Å². The molecule has 0 aliphatic heterocycles. The molecule has 2 rings (SSSR count). The average Bonchev–Trinajstić information content (AvgIpc) is 3.06. The highest BCUT2D eigenvalue weighted by Crippen LogP contribution is 2.30. The lowest BCUT2D eigenvalue weighted by atomic mass is 10.5. The van der Waals surface area contributed by atoms with Crippen LogP contribution in [-0.4, -0.2) is 31.8 Å². The number of halogens is 2. The molecule has 6 heteroatoms. The van der Waals surface area contributed by atoms with Gasteiger partial charge < -0.3 is 9.64 Å². The number of ether oxygens (including phenoxy) is 1. The fourth-order valence-electron chi connectivity index (χ4n) is 1.40. The molecule has 0 spiro atoms. The Kier molecular flexibility index (Phi) is 4.91. The second-order valence-electron chi connectivity index (χ2n) is 4.28. The Hall–Kier alpha value is -0.0300. The summed E-state index contributed by atoms with van der Waals surface area (Å²) in [7, 11) is 1.99. The molecule has 96 valence electrons. The van der Waals surface area contributed by atoms with Crippen LogP contribution in [0.2, 0.25) is 5.15 Å². The molecular formula is C11H16Cl2N2OS. The fraction of sp³-hybridized carbons (Fsp3) is 0.727. The predicted octanol–water partition coefficient (Wildman–Crippen LogP) is 3.40. The molecular weight excluding hydrogens is 279 g/mol. The van der Waals surface area contributed by atoms with Gasteiger partial charge in [0.25, 0.3) is 0 Å². The highest BCUT2D eigenvalue weighted by atomic mass is 35.5. The molecule has 1 fully saturated rings. The van der Waals surface area contributed by atoms with Crippen LogP contribution in [0.3, 0.4) is 0 Å². The summed E-state index contributed by atoms with van der Waals surface area (Å²) in [6.07, 6.45) is 2.66. The summed E-state index contributed by atoms with van der Waals surface area (Å²) in [6, 6.07) is 0. The van der Waals surface area contributed by atoms with E-state index >= 15 is 0 Å². The monoisotopic (exact) mass is 294 g/mol. The van der Waals surface area contributed by atoms with Crippen LogP contribution in [0.4, 0.5) is 5.13 Å². The van der Waals surface area contributed by atoms with Gasteiger partial charge in [-0.2, -0.15) is 0 Å². The molecule has 17 heavy (non-hydrogen) atoms. The van der Waals surface area contributed by atoms with E-state index in [2.05, 4.69) is 9.88 Å². The van der Waals surface area contributed by atoms with E-state index in [1.165, 1.54) is 24.2 Å². The molecule has 0 bridgehead atoms. The Morgan fingerprint density at radius 1 is 1.53 bits per heavy atom. The second-order valence-corrected chi connectivity index (χ2v) is 5.97. The van der Waals surface area contributed by atoms with Crippen molar-refractivity contribution in [2.24, 2.45) is 5.92 Å². The Bertz CT molecular complexity index is 368. The van der Waals surface area contributed by atoms with E-state index in [1.54, 1.807) is 0 Å². The Labute approximate surface area is 116 Å². The number of hydrogen-bond acceptors (Lipinski definition) is 4. The van der Waals surface area contributed by atoms with Crippen molar-refractivity contribution in [2.45, 2.75) is 18.7 Å². The molecule has 1 aliphatic carbocycles. The van der Waals surface area contributed by atoms with Crippen molar-refractivity contribution in [2.75, 3.05) is 31.7 Å². The largest absolute Gasteiger partial charge is 0.379 e. The maximum Gasteiger partial charge on any atom is 0.186 e. The lowest BCUT2D eigenvalue weighted by Crippen LogP contribution is -2.22. The first-order valence-electron chi connectivity index (χ1n) is 5.70. The van der Waals surface area contributed by atoms with Crippen molar-refractivity contribution in [3.8, 4) is 0 Å². The number of aromatic nitrogens is 1. The first-order valence-corrected chi connectivity index (χ1v) is 7.43. The van der Waals surface area contributed by atoms with Crippen molar-refractivity contribution in [3.63, 3.8) is 0 Å². The number of anilines is 1. The lowest BCUT2D eigenvalue weighted by molar-refractivity contribution is 0.131. The molecule has 3 nitrogen and oxygen atoms in total. The minimum atomic E-state index is 0.419. The summed E-state index contributed by atoms with van der Waals surface area (Å²) in [5.41, 5.74) is 0. The van der Waals surface area contributed by atoms with Gasteiger partial charge in [-0.3, -0.25) is 0 Å². The van der Waals surface area contributed by atoms with E-state index in [0.29, 0.717) is 11.0 Å². The molecule has 1 heterocycles. The van der Waals surface area contributed by atoms with Crippen LogP contribution in [-0.2, 0) is 10.6 Å². The van der Waals surface area contributed by atoms with E-state index in [0.717, 1.165) is 35.7 Å². The number of alkyl halides is 1. The van der Waals surface area contributed by atoms with E-state index in [4.69, 9.17) is 27.9 Å². The molecule has 0 unspecified atom stereocenters. The first-order chi connectivity index (χ1) is 8.20. The number of nitrogens with zero attached hydrogens (tertiary/aromatic N) is 2. The molecule has 0 aromatic carbocycles. The quantitative estimate of drug-likeness (QED) is 0.569. The van der Waals surface area contributed by atoms with Gasteiger partial charge in [-0.05, 0) is 18.8 Å². The maximum absolute atomic E-state index is 5.96. The van der Waals surface area contributed by atoms with Gasteiger partial charge >= 0.3 is 0 Å². The van der Waals surface area contributed by atoms with Gasteiger partial charge in [0.15, 0.2) is 5.13 Å². The van der Waals surface area contributed by atoms with Gasteiger partial charge in [-0.15, -0.1) is 11.6 Å². The van der Waals surface area contributed by atoms with Crippen LogP contribution < -0.4 is 4.90 Å². The van der Waals surface area contributed by atoms with Gasteiger partial charge in [0.1, 0.15) is 5.15 Å². The fourth-order valence-corrected chi connectivity index (χ4v) is 2.86. The van der Waals surface area contributed by atoms with Gasteiger partial charge in [-0.1, -0.05) is 22.9 Å². The van der Waals surface area contributed by atoms with Gasteiger partial charge in [-0.25, -0.2) is 4.98 Å². The third-order valence-electron chi connectivity index (χ3n) is 2.71. The number of rotatable bonds is 7. The van der Waals surface area contributed by atoms with Crippen LogP contribution in [0.5, 0.6) is 0 Å². The summed E-state index contributed by atoms with van der Waals surface area (Å²) in [6.45, 7) is 2.47. The molecule has 0 atom stereocenters. The summed E-state index contributed by atoms with van der Waals surface area (Å²) in [5.74, 6) is 1.24. The van der Waals surface area contributed by atoms with Crippen LogP contribution in [0.15, 0.2) is 0 Å². The van der Waals surface area contributed by atoms with Crippen LogP contribution >= 0.6 is 34.5 Å². The Morgan fingerprint density at radius 3 is 2.88 bits per heavy atom. The summed E-state index contributed by atoms with van der Waals surface area (Å²) in [4.78, 5) is 7.26. The maximum atomic E-state index is 5.96. The van der Waals surface area contributed by atoms with Crippen LogP contribution in [0.1, 0.15) is 17.7 Å². The third-order valence-corrected chi connectivity index (χ3v) is 4.73. The summed E-state index contributed by atoms with van der Waals surface area (Å²) >= 11 is 13.3. The zero-order valence-electron chi connectivity index (χ0n) is 9.79. The van der Waals surface area contributed by atoms with Crippen molar-refractivity contribution < 1.29 is 4.74 Å². The van der Waals surface area contributed by atoms with Crippen LogP contribution in [0.25, 0.3) is 0 Å².